The van der Waals surface area contributed by atoms with Gasteiger partial charge in [0, 0.05) is 11.8 Å². The van der Waals surface area contributed by atoms with Crippen LogP contribution in [0.1, 0.15) is 38.9 Å². The summed E-state index contributed by atoms with van der Waals surface area (Å²) in [4.78, 5) is 35.5. The van der Waals surface area contributed by atoms with Gasteiger partial charge in [0.05, 0.1) is 0 Å². The third-order valence-electron chi connectivity index (χ3n) is 3.43. The lowest BCUT2D eigenvalue weighted by Crippen LogP contribution is -2.48. The average Bonchev–Trinajstić information content (AvgIpc) is 2.39. The Bertz CT molecular complexity index is 577. The van der Waals surface area contributed by atoms with Gasteiger partial charge < -0.3 is 15.0 Å². The van der Waals surface area contributed by atoms with Crippen molar-refractivity contribution >= 4 is 11.9 Å². The van der Waals surface area contributed by atoms with Crippen LogP contribution < -0.4 is 10.9 Å². The molecule has 6 heteroatoms. The normalized spacial score (nSPS) is 13.8. The lowest BCUT2D eigenvalue weighted by atomic mass is 10.0. The molecule has 0 radical (unpaired) electrons. The third-order valence-corrected chi connectivity index (χ3v) is 3.43. The van der Waals surface area contributed by atoms with E-state index in [1.165, 1.54) is 10.6 Å². The van der Waals surface area contributed by atoms with Gasteiger partial charge in [0.2, 0.25) is 5.91 Å². The predicted octanol–water partition coefficient (Wildman–Crippen LogP) is 1.33. The highest BCUT2D eigenvalue weighted by atomic mass is 16.4. The molecule has 0 spiro atoms. The van der Waals surface area contributed by atoms with E-state index >= 15 is 0 Å². The maximum Gasteiger partial charge on any atom is 0.326 e. The second-order valence-corrected chi connectivity index (χ2v) is 5.37. The molecule has 0 aromatic carbocycles. The molecule has 1 amide bonds. The monoisotopic (exact) mass is 294 g/mol. The van der Waals surface area contributed by atoms with E-state index in [4.69, 9.17) is 5.11 Å². The van der Waals surface area contributed by atoms with E-state index in [9.17, 15) is 14.4 Å². The van der Waals surface area contributed by atoms with Gasteiger partial charge in [-0.25, -0.2) is 4.79 Å². The summed E-state index contributed by atoms with van der Waals surface area (Å²) in [5.41, 5.74) is 0.398. The SMILES string of the molecule is CCC(C(=O)NC(C(=O)O)C(C)C)n1c(C)cccc1=O. The molecule has 21 heavy (non-hydrogen) atoms. The van der Waals surface area contributed by atoms with Crippen molar-refractivity contribution in [3.63, 3.8) is 0 Å². The minimum Gasteiger partial charge on any atom is -0.480 e. The molecule has 1 aromatic rings. The van der Waals surface area contributed by atoms with Crippen LogP contribution in [0.2, 0.25) is 0 Å². The lowest BCUT2D eigenvalue weighted by Gasteiger charge is -2.24. The van der Waals surface area contributed by atoms with Crippen LogP contribution in [-0.2, 0) is 9.59 Å². The lowest BCUT2D eigenvalue weighted by molar-refractivity contribution is -0.143. The van der Waals surface area contributed by atoms with Gasteiger partial charge in [-0.2, -0.15) is 0 Å². The fourth-order valence-corrected chi connectivity index (χ4v) is 2.25. The minimum absolute atomic E-state index is 0.238. The number of nitrogens with zero attached hydrogens (tertiary/aromatic N) is 1. The summed E-state index contributed by atoms with van der Waals surface area (Å²) in [7, 11) is 0. The van der Waals surface area contributed by atoms with Crippen LogP contribution in [0.15, 0.2) is 23.0 Å². The van der Waals surface area contributed by atoms with Crippen molar-refractivity contribution in [2.45, 2.75) is 46.2 Å². The first-order valence-corrected chi connectivity index (χ1v) is 7.00. The van der Waals surface area contributed by atoms with E-state index in [0.29, 0.717) is 12.1 Å². The van der Waals surface area contributed by atoms with Gasteiger partial charge >= 0.3 is 5.97 Å². The van der Waals surface area contributed by atoms with Crippen molar-refractivity contribution in [2.75, 3.05) is 0 Å². The summed E-state index contributed by atoms with van der Waals surface area (Å²) < 4.78 is 1.40. The van der Waals surface area contributed by atoms with Gasteiger partial charge in [0.25, 0.3) is 5.56 Å². The van der Waals surface area contributed by atoms with Crippen molar-refractivity contribution in [2.24, 2.45) is 5.92 Å². The topological polar surface area (TPSA) is 88.4 Å². The molecule has 2 unspecified atom stereocenters. The van der Waals surface area contributed by atoms with Gasteiger partial charge in [-0.15, -0.1) is 0 Å². The Morgan fingerprint density at radius 2 is 1.95 bits per heavy atom. The van der Waals surface area contributed by atoms with Crippen molar-refractivity contribution in [3.05, 3.63) is 34.2 Å². The van der Waals surface area contributed by atoms with Crippen molar-refractivity contribution in [1.82, 2.24) is 9.88 Å². The van der Waals surface area contributed by atoms with Gasteiger partial charge in [0.1, 0.15) is 12.1 Å². The standard InChI is InChI=1S/C15H22N2O4/c1-5-11(17-10(4)7-6-8-12(17)18)14(19)16-13(9(2)3)15(20)21/h6-9,11,13H,5H2,1-4H3,(H,16,19)(H,20,21). The quantitative estimate of drug-likeness (QED) is 0.828. The molecule has 0 aliphatic rings. The molecule has 0 fully saturated rings. The number of nitrogens with one attached hydrogen (secondary N) is 1. The number of hydrogen-bond acceptors (Lipinski definition) is 3. The van der Waals surface area contributed by atoms with Gasteiger partial charge in [-0.05, 0) is 25.3 Å². The number of carbonyl (C=O) groups excluding carboxylic acids is 1. The second-order valence-electron chi connectivity index (χ2n) is 5.37. The molecule has 2 N–H and O–H groups in total. The smallest absolute Gasteiger partial charge is 0.326 e. The maximum atomic E-state index is 12.4. The van der Waals surface area contributed by atoms with Crippen LogP contribution in [0.5, 0.6) is 0 Å². The number of pyridine rings is 1. The number of aliphatic carboxylic acids is 1. The van der Waals surface area contributed by atoms with E-state index in [1.54, 1.807) is 39.8 Å². The predicted molar refractivity (Wildman–Crippen MR) is 79.2 cm³/mol. The molecule has 0 bridgehead atoms. The van der Waals surface area contributed by atoms with Crippen LogP contribution in [0.4, 0.5) is 0 Å². The van der Waals surface area contributed by atoms with Crippen LogP contribution in [-0.4, -0.2) is 27.6 Å². The van der Waals surface area contributed by atoms with E-state index in [-0.39, 0.29) is 11.5 Å². The largest absolute Gasteiger partial charge is 0.480 e. The first-order chi connectivity index (χ1) is 9.79. The first-order valence-electron chi connectivity index (χ1n) is 7.00. The highest BCUT2D eigenvalue weighted by Gasteiger charge is 2.28. The molecule has 0 saturated carbocycles. The maximum absolute atomic E-state index is 12.4. The van der Waals surface area contributed by atoms with E-state index < -0.39 is 24.0 Å². The number of aromatic nitrogens is 1. The molecule has 0 aliphatic carbocycles. The first kappa shape index (κ1) is 16.9. The summed E-state index contributed by atoms with van der Waals surface area (Å²) >= 11 is 0. The molecule has 0 aliphatic heterocycles. The van der Waals surface area contributed by atoms with Gasteiger partial charge in [0.15, 0.2) is 0 Å². The van der Waals surface area contributed by atoms with Crippen LogP contribution >= 0.6 is 0 Å². The highest BCUT2D eigenvalue weighted by Crippen LogP contribution is 2.13. The summed E-state index contributed by atoms with van der Waals surface area (Å²) in [5, 5.41) is 11.7. The molecule has 116 valence electrons. The summed E-state index contributed by atoms with van der Waals surface area (Å²) in [6, 6.07) is 3.09. The Kier molecular flexibility index (Phi) is 5.69. The highest BCUT2D eigenvalue weighted by molar-refractivity contribution is 5.86. The Labute approximate surface area is 123 Å². The zero-order chi connectivity index (χ0) is 16.2. The van der Waals surface area contributed by atoms with E-state index in [1.807, 2.05) is 0 Å². The Hall–Kier alpha value is -2.11. The summed E-state index contributed by atoms with van der Waals surface area (Å²) in [6.07, 6.45) is 0.404. The number of carboxylic acids is 1. The second kappa shape index (κ2) is 7.06. The fourth-order valence-electron chi connectivity index (χ4n) is 2.25. The third kappa shape index (κ3) is 3.93. The molecule has 1 heterocycles. The zero-order valence-corrected chi connectivity index (χ0v) is 12.8. The van der Waals surface area contributed by atoms with Gasteiger partial charge in [-0.1, -0.05) is 26.8 Å². The van der Waals surface area contributed by atoms with Gasteiger partial charge in [-0.3, -0.25) is 9.59 Å². The Morgan fingerprint density at radius 1 is 1.33 bits per heavy atom. The van der Waals surface area contributed by atoms with Crippen molar-refractivity contribution in [3.8, 4) is 0 Å². The molecule has 2 atom stereocenters. The molecular formula is C15H22N2O4. The Balaban J connectivity index is 3.08. The fraction of sp³-hybridized carbons (Fsp3) is 0.533. The number of carbonyl (C=O) groups is 2. The van der Waals surface area contributed by atoms with Crippen LogP contribution in [0.25, 0.3) is 0 Å². The number of carboxylic acid groups (broad SMARTS) is 1. The molecule has 6 nitrogen and oxygen atoms in total. The summed E-state index contributed by atoms with van der Waals surface area (Å²) in [6.45, 7) is 6.97. The molecule has 1 rings (SSSR count). The van der Waals surface area contributed by atoms with Crippen molar-refractivity contribution in [1.29, 1.82) is 0 Å². The van der Waals surface area contributed by atoms with Crippen molar-refractivity contribution < 1.29 is 14.7 Å². The minimum atomic E-state index is -1.08. The molecule has 1 aromatic heterocycles. The van der Waals surface area contributed by atoms with Crippen LogP contribution in [0.3, 0.4) is 0 Å². The summed E-state index contributed by atoms with van der Waals surface area (Å²) in [5.74, 6) is -1.77. The number of amides is 1. The van der Waals surface area contributed by atoms with E-state index in [0.717, 1.165) is 0 Å². The molecular weight excluding hydrogens is 272 g/mol. The number of rotatable bonds is 6. The number of hydrogen-bond donors (Lipinski definition) is 2. The molecule has 0 saturated heterocycles. The number of aryl methyl sites for hydroxylation is 1. The Morgan fingerprint density at radius 3 is 2.38 bits per heavy atom. The van der Waals surface area contributed by atoms with E-state index in [2.05, 4.69) is 5.32 Å². The average molecular weight is 294 g/mol. The van der Waals surface area contributed by atoms with Crippen LogP contribution in [0, 0.1) is 12.8 Å². The zero-order valence-electron chi connectivity index (χ0n) is 12.8.